The first-order chi connectivity index (χ1) is 12.0. The highest BCUT2D eigenvalue weighted by Crippen LogP contribution is 2.34. The van der Waals surface area contributed by atoms with Crippen LogP contribution in [0.2, 0.25) is 0 Å². The fourth-order valence-corrected chi connectivity index (χ4v) is 4.94. The highest BCUT2D eigenvalue weighted by molar-refractivity contribution is 7.88. The zero-order chi connectivity index (χ0) is 17.7. The summed E-state index contributed by atoms with van der Waals surface area (Å²) in [5.74, 6) is 0.854. The Morgan fingerprint density at radius 2 is 1.84 bits per heavy atom. The predicted molar refractivity (Wildman–Crippen MR) is 100 cm³/mol. The van der Waals surface area contributed by atoms with Crippen LogP contribution in [0.1, 0.15) is 43.6 Å². The third-order valence-corrected chi connectivity index (χ3v) is 6.20. The van der Waals surface area contributed by atoms with Gasteiger partial charge in [0.25, 0.3) is 0 Å². The second-order valence-corrected chi connectivity index (χ2v) is 9.25. The minimum Gasteiger partial charge on any atom is -0.378 e. The van der Waals surface area contributed by atoms with Gasteiger partial charge in [-0.3, -0.25) is 0 Å². The molecule has 2 aliphatic rings. The van der Waals surface area contributed by atoms with Gasteiger partial charge in [-0.05, 0) is 50.1 Å². The molecule has 0 spiro atoms. The van der Waals surface area contributed by atoms with Gasteiger partial charge in [0.2, 0.25) is 10.0 Å². The van der Waals surface area contributed by atoms with Crippen molar-refractivity contribution in [3.05, 3.63) is 35.9 Å². The maximum atomic E-state index is 11.5. The average Bonchev–Trinajstić information content (AvgIpc) is 2.61. The van der Waals surface area contributed by atoms with E-state index in [1.165, 1.54) is 24.7 Å². The lowest BCUT2D eigenvalue weighted by atomic mass is 9.82. The number of ether oxygens (including phenoxy) is 1. The molecule has 0 radical (unpaired) electrons. The lowest BCUT2D eigenvalue weighted by Crippen LogP contribution is -2.51. The van der Waals surface area contributed by atoms with Crippen molar-refractivity contribution in [2.75, 3.05) is 26.0 Å². The van der Waals surface area contributed by atoms with E-state index in [0.29, 0.717) is 18.6 Å². The summed E-state index contributed by atoms with van der Waals surface area (Å²) in [6.07, 6.45) is 6.87. The van der Waals surface area contributed by atoms with Crippen molar-refractivity contribution >= 4 is 10.0 Å². The normalized spacial score (nSPS) is 30.9. The van der Waals surface area contributed by atoms with Gasteiger partial charge in [0, 0.05) is 18.5 Å². The predicted octanol–water partition coefficient (Wildman–Crippen LogP) is 2.26. The van der Waals surface area contributed by atoms with Crippen molar-refractivity contribution in [3.63, 3.8) is 0 Å². The molecule has 1 aliphatic carbocycles. The van der Waals surface area contributed by atoms with Gasteiger partial charge in [-0.15, -0.1) is 0 Å². The van der Waals surface area contributed by atoms with Gasteiger partial charge < -0.3 is 10.1 Å². The molecule has 1 saturated carbocycles. The minimum atomic E-state index is -3.17. The number of rotatable bonds is 6. The van der Waals surface area contributed by atoms with Crippen molar-refractivity contribution in [2.45, 2.75) is 50.2 Å². The first-order valence-corrected chi connectivity index (χ1v) is 11.2. The molecule has 1 aliphatic heterocycles. The molecule has 0 aromatic heterocycles. The van der Waals surface area contributed by atoms with Gasteiger partial charge in [0.05, 0.1) is 19.0 Å². The molecule has 1 aromatic carbocycles. The molecule has 3 rings (SSSR count). The molecule has 1 saturated heterocycles. The van der Waals surface area contributed by atoms with Crippen molar-refractivity contribution in [1.82, 2.24) is 10.0 Å². The summed E-state index contributed by atoms with van der Waals surface area (Å²) in [5, 5.41) is 3.35. The van der Waals surface area contributed by atoms with Crippen LogP contribution in [0.4, 0.5) is 0 Å². The Bertz CT molecular complexity index is 627. The van der Waals surface area contributed by atoms with E-state index >= 15 is 0 Å². The Kier molecular flexibility index (Phi) is 6.49. The van der Waals surface area contributed by atoms with E-state index < -0.39 is 10.0 Å². The summed E-state index contributed by atoms with van der Waals surface area (Å²) in [5.41, 5.74) is 1.44. The molecule has 25 heavy (non-hydrogen) atoms. The summed E-state index contributed by atoms with van der Waals surface area (Å²) in [6, 6.07) is 10.7. The number of nitrogens with one attached hydrogen (secondary N) is 2. The Balaban J connectivity index is 1.45. The van der Waals surface area contributed by atoms with Crippen molar-refractivity contribution < 1.29 is 13.2 Å². The highest BCUT2D eigenvalue weighted by atomic mass is 32.2. The summed E-state index contributed by atoms with van der Waals surface area (Å²) in [6.45, 7) is 2.29. The number of sulfonamides is 1. The van der Waals surface area contributed by atoms with Gasteiger partial charge in [-0.1, -0.05) is 30.3 Å². The molecule has 6 heteroatoms. The van der Waals surface area contributed by atoms with Gasteiger partial charge >= 0.3 is 0 Å². The number of piperidine rings is 1. The van der Waals surface area contributed by atoms with Crippen LogP contribution in [0.5, 0.6) is 0 Å². The zero-order valence-electron chi connectivity index (χ0n) is 15.0. The molecular weight excluding hydrogens is 336 g/mol. The van der Waals surface area contributed by atoms with Gasteiger partial charge in [-0.25, -0.2) is 13.1 Å². The quantitative estimate of drug-likeness (QED) is 0.810. The molecule has 0 amide bonds. The smallest absolute Gasteiger partial charge is 0.208 e. The van der Waals surface area contributed by atoms with Crippen LogP contribution in [0, 0.1) is 5.92 Å². The van der Waals surface area contributed by atoms with Crippen LogP contribution < -0.4 is 10.0 Å². The van der Waals surface area contributed by atoms with E-state index in [1.54, 1.807) is 0 Å². The molecule has 2 atom stereocenters. The van der Waals surface area contributed by atoms with Crippen LogP contribution in [-0.4, -0.2) is 46.5 Å². The second-order valence-electron chi connectivity index (χ2n) is 7.47. The third kappa shape index (κ3) is 5.78. The van der Waals surface area contributed by atoms with E-state index in [9.17, 15) is 8.42 Å². The van der Waals surface area contributed by atoms with Crippen LogP contribution in [0.3, 0.4) is 0 Å². The molecule has 1 unspecified atom stereocenters. The monoisotopic (exact) mass is 366 g/mol. The van der Waals surface area contributed by atoms with Crippen LogP contribution >= 0.6 is 0 Å². The number of hydrogen-bond donors (Lipinski definition) is 2. The molecule has 1 aromatic rings. The maximum absolute atomic E-state index is 11.5. The molecule has 1 heterocycles. The third-order valence-electron chi connectivity index (χ3n) is 5.46. The van der Waals surface area contributed by atoms with Crippen molar-refractivity contribution in [3.8, 4) is 0 Å². The van der Waals surface area contributed by atoms with E-state index in [-0.39, 0.29) is 12.0 Å². The van der Waals surface area contributed by atoms with Crippen molar-refractivity contribution in [1.29, 1.82) is 0 Å². The van der Waals surface area contributed by atoms with Crippen LogP contribution in [0.25, 0.3) is 0 Å². The molecule has 0 bridgehead atoms. The maximum Gasteiger partial charge on any atom is 0.208 e. The molecule has 2 N–H and O–H groups in total. The van der Waals surface area contributed by atoms with Crippen LogP contribution in [-0.2, 0) is 14.8 Å². The number of hydrogen-bond acceptors (Lipinski definition) is 4. The Morgan fingerprint density at radius 3 is 2.52 bits per heavy atom. The first-order valence-electron chi connectivity index (χ1n) is 9.36. The SMILES string of the molecule is CS(=O)(=O)N[C@H]1CCNCC1COC1CCC(c2ccccc2)CC1. The second kappa shape index (κ2) is 8.62. The molecule has 5 nitrogen and oxygen atoms in total. The van der Waals surface area contributed by atoms with E-state index in [1.807, 2.05) is 0 Å². The fraction of sp³-hybridized carbons (Fsp3) is 0.684. The first kappa shape index (κ1) is 18.8. The Morgan fingerprint density at radius 1 is 1.12 bits per heavy atom. The van der Waals surface area contributed by atoms with Gasteiger partial charge in [-0.2, -0.15) is 0 Å². The summed E-state index contributed by atoms with van der Waals surface area (Å²) in [4.78, 5) is 0. The van der Waals surface area contributed by atoms with E-state index in [0.717, 1.165) is 32.4 Å². The fourth-order valence-electron chi connectivity index (χ4n) is 4.08. The molecule has 2 fully saturated rings. The summed E-state index contributed by atoms with van der Waals surface area (Å²) >= 11 is 0. The van der Waals surface area contributed by atoms with Crippen LogP contribution in [0.15, 0.2) is 30.3 Å². The summed E-state index contributed by atoms with van der Waals surface area (Å²) in [7, 11) is -3.17. The average molecular weight is 367 g/mol. The standard InChI is InChI=1S/C19H30N2O3S/c1-25(22,23)21-19-11-12-20-13-17(19)14-24-18-9-7-16(8-10-18)15-5-3-2-4-6-15/h2-6,16-21H,7-14H2,1H3/t16?,17?,18?,19-/m0/s1. The Labute approximate surface area is 151 Å². The zero-order valence-corrected chi connectivity index (χ0v) is 15.8. The largest absolute Gasteiger partial charge is 0.378 e. The lowest BCUT2D eigenvalue weighted by molar-refractivity contribution is -0.00402. The van der Waals surface area contributed by atoms with Gasteiger partial charge in [0.15, 0.2) is 0 Å². The number of benzene rings is 1. The topological polar surface area (TPSA) is 67.4 Å². The molecule has 140 valence electrons. The van der Waals surface area contributed by atoms with Gasteiger partial charge in [0.1, 0.15) is 0 Å². The van der Waals surface area contributed by atoms with E-state index in [4.69, 9.17) is 4.74 Å². The van der Waals surface area contributed by atoms with Crippen molar-refractivity contribution in [2.24, 2.45) is 5.92 Å². The molecular formula is C19H30N2O3S. The lowest BCUT2D eigenvalue weighted by Gasteiger charge is -2.34. The Hall–Kier alpha value is -0.950. The highest BCUT2D eigenvalue weighted by Gasteiger charge is 2.29. The summed E-state index contributed by atoms with van der Waals surface area (Å²) < 4.78 is 32.1. The minimum absolute atomic E-state index is 0.0168. The van der Waals surface area contributed by atoms with E-state index in [2.05, 4.69) is 40.4 Å².